The molecule has 6 nitrogen and oxygen atoms in total. The van der Waals surface area contributed by atoms with E-state index < -0.39 is 0 Å². The molecule has 2 N–H and O–H groups in total. The minimum absolute atomic E-state index is 0.724. The van der Waals surface area contributed by atoms with Crippen molar-refractivity contribution in [2.75, 3.05) is 32.6 Å². The lowest BCUT2D eigenvalue weighted by atomic mass is 10.1. The van der Waals surface area contributed by atoms with Crippen molar-refractivity contribution in [1.82, 2.24) is 20.1 Å². The second-order valence-electron chi connectivity index (χ2n) is 6.76. The molecule has 134 valence electrons. The second kappa shape index (κ2) is 7.17. The van der Waals surface area contributed by atoms with Crippen molar-refractivity contribution >= 4 is 11.5 Å². The highest BCUT2D eigenvalue weighted by atomic mass is 16.5. The van der Waals surface area contributed by atoms with Crippen LogP contribution in [0.2, 0.25) is 0 Å². The van der Waals surface area contributed by atoms with E-state index in [1.807, 2.05) is 18.2 Å². The monoisotopic (exact) mass is 349 g/mol. The van der Waals surface area contributed by atoms with E-state index in [9.17, 15) is 0 Å². The average Bonchev–Trinajstić information content (AvgIpc) is 3.20. The summed E-state index contributed by atoms with van der Waals surface area (Å²) in [7, 11) is 4.16. The molecule has 1 aliphatic carbocycles. The van der Waals surface area contributed by atoms with Crippen LogP contribution in [0, 0.1) is 0 Å². The van der Waals surface area contributed by atoms with Gasteiger partial charge in [-0.1, -0.05) is 12.1 Å². The van der Waals surface area contributed by atoms with Crippen molar-refractivity contribution in [1.29, 1.82) is 0 Å². The van der Waals surface area contributed by atoms with Crippen LogP contribution in [0.25, 0.3) is 11.3 Å². The number of hydrogen-bond donors (Lipinski definition) is 2. The smallest absolute Gasteiger partial charge is 0.156 e. The molecule has 0 bridgehead atoms. The van der Waals surface area contributed by atoms with Gasteiger partial charge in [0.25, 0.3) is 0 Å². The lowest BCUT2D eigenvalue weighted by Crippen LogP contribution is -2.15. The number of aromatic amines is 1. The summed E-state index contributed by atoms with van der Waals surface area (Å²) < 4.78 is 6.07. The molecule has 0 saturated carbocycles. The molecule has 0 atom stereocenters. The Hall–Kier alpha value is -2.86. The summed E-state index contributed by atoms with van der Waals surface area (Å²) in [6.45, 7) is 1.75. The number of aromatic nitrogens is 3. The maximum absolute atomic E-state index is 6.07. The van der Waals surface area contributed by atoms with Crippen LogP contribution < -0.4 is 10.1 Å². The van der Waals surface area contributed by atoms with Gasteiger partial charge in [0, 0.05) is 35.9 Å². The molecule has 1 aliphatic rings. The van der Waals surface area contributed by atoms with E-state index in [0.717, 1.165) is 48.9 Å². The maximum atomic E-state index is 6.07. The summed E-state index contributed by atoms with van der Waals surface area (Å²) in [5, 5.41) is 11.0. The van der Waals surface area contributed by atoms with E-state index in [1.165, 1.54) is 16.7 Å². The van der Waals surface area contributed by atoms with E-state index in [-0.39, 0.29) is 0 Å². The fourth-order valence-corrected chi connectivity index (χ4v) is 3.29. The average molecular weight is 349 g/mol. The number of fused-ring (bicyclic) bond motifs is 3. The Morgan fingerprint density at radius 3 is 2.92 bits per heavy atom. The first-order chi connectivity index (χ1) is 12.7. The summed E-state index contributed by atoms with van der Waals surface area (Å²) >= 11 is 0. The van der Waals surface area contributed by atoms with Crippen LogP contribution in [0.1, 0.15) is 17.5 Å². The molecule has 0 amide bonds. The Kier molecular flexibility index (Phi) is 4.58. The van der Waals surface area contributed by atoms with Crippen LogP contribution in [0.3, 0.4) is 0 Å². The molecule has 0 radical (unpaired) electrons. The normalized spacial score (nSPS) is 12.1. The second-order valence-corrected chi connectivity index (χ2v) is 6.76. The zero-order chi connectivity index (χ0) is 17.9. The number of nitrogens with zero attached hydrogens (tertiary/aromatic N) is 3. The van der Waals surface area contributed by atoms with Gasteiger partial charge in [0.2, 0.25) is 0 Å². The Morgan fingerprint density at radius 2 is 2.12 bits per heavy atom. The third-order valence-corrected chi connectivity index (χ3v) is 4.55. The Balaban J connectivity index is 1.52. The first-order valence-corrected chi connectivity index (χ1v) is 8.86. The van der Waals surface area contributed by atoms with Crippen molar-refractivity contribution < 1.29 is 4.74 Å². The van der Waals surface area contributed by atoms with Crippen molar-refractivity contribution in [3.63, 3.8) is 0 Å². The fourth-order valence-electron chi connectivity index (χ4n) is 3.29. The summed E-state index contributed by atoms with van der Waals surface area (Å²) in [6.07, 6.45) is 5.38. The molecule has 3 aromatic rings. The van der Waals surface area contributed by atoms with Gasteiger partial charge in [-0.25, -0.2) is 0 Å². The number of hydrogen-bond acceptors (Lipinski definition) is 5. The minimum atomic E-state index is 0.724. The van der Waals surface area contributed by atoms with Crippen LogP contribution >= 0.6 is 0 Å². The number of rotatable bonds is 7. The van der Waals surface area contributed by atoms with Crippen molar-refractivity contribution in [2.45, 2.75) is 12.8 Å². The van der Waals surface area contributed by atoms with E-state index >= 15 is 0 Å². The molecule has 2 aromatic heterocycles. The van der Waals surface area contributed by atoms with E-state index in [1.54, 1.807) is 12.4 Å². The molecule has 0 spiro atoms. The van der Waals surface area contributed by atoms with Crippen molar-refractivity contribution in [3.05, 3.63) is 53.9 Å². The molecule has 0 aliphatic heterocycles. The molecule has 0 fully saturated rings. The summed E-state index contributed by atoms with van der Waals surface area (Å²) in [4.78, 5) is 6.31. The molecule has 2 heterocycles. The quantitative estimate of drug-likeness (QED) is 0.500. The van der Waals surface area contributed by atoms with Crippen LogP contribution in [0.4, 0.5) is 11.5 Å². The van der Waals surface area contributed by atoms with Crippen molar-refractivity contribution in [3.8, 4) is 17.0 Å². The van der Waals surface area contributed by atoms with Gasteiger partial charge in [-0.3, -0.25) is 10.1 Å². The van der Waals surface area contributed by atoms with Gasteiger partial charge in [0.15, 0.2) is 5.82 Å². The fraction of sp³-hybridized carbons (Fsp3) is 0.300. The van der Waals surface area contributed by atoms with Crippen LogP contribution in [-0.4, -0.2) is 47.3 Å². The third kappa shape index (κ3) is 3.28. The minimum Gasteiger partial charge on any atom is -0.493 e. The zero-order valence-electron chi connectivity index (χ0n) is 15.1. The van der Waals surface area contributed by atoms with E-state index in [0.29, 0.717) is 0 Å². The molecular formula is C20H23N5O. The van der Waals surface area contributed by atoms with Gasteiger partial charge in [-0.05, 0) is 38.7 Å². The molecule has 0 unspecified atom stereocenters. The van der Waals surface area contributed by atoms with Gasteiger partial charge < -0.3 is 15.0 Å². The van der Waals surface area contributed by atoms with Gasteiger partial charge in [-0.15, -0.1) is 0 Å². The van der Waals surface area contributed by atoms with E-state index in [2.05, 4.69) is 51.6 Å². The first kappa shape index (κ1) is 16.6. The zero-order valence-corrected chi connectivity index (χ0v) is 15.1. The molecule has 1 aromatic carbocycles. The molecule has 6 heteroatoms. The number of pyridine rings is 1. The predicted molar refractivity (Wildman–Crippen MR) is 103 cm³/mol. The number of nitrogens with one attached hydrogen (secondary N) is 2. The Bertz CT molecular complexity index is 888. The largest absolute Gasteiger partial charge is 0.493 e. The topological polar surface area (TPSA) is 66.1 Å². The molecule has 4 rings (SSSR count). The summed E-state index contributed by atoms with van der Waals surface area (Å²) in [5.74, 6) is 1.82. The summed E-state index contributed by atoms with van der Waals surface area (Å²) in [6, 6.07) is 10.1. The number of anilines is 2. The SMILES string of the molecule is CN(C)CCCOc1cccc2c1Cc1c(Nc3cccnc3)n[nH]c1-2. The number of H-pyrrole nitrogens is 1. The van der Waals surface area contributed by atoms with Gasteiger partial charge in [0.05, 0.1) is 24.2 Å². The molecular weight excluding hydrogens is 326 g/mol. The molecule has 0 saturated heterocycles. The Morgan fingerprint density at radius 1 is 1.19 bits per heavy atom. The highest BCUT2D eigenvalue weighted by Crippen LogP contribution is 2.43. The van der Waals surface area contributed by atoms with Gasteiger partial charge in [-0.2, -0.15) is 5.10 Å². The van der Waals surface area contributed by atoms with Gasteiger partial charge >= 0.3 is 0 Å². The molecule has 26 heavy (non-hydrogen) atoms. The lowest BCUT2D eigenvalue weighted by Gasteiger charge is -2.13. The summed E-state index contributed by atoms with van der Waals surface area (Å²) in [5.41, 5.74) is 5.59. The van der Waals surface area contributed by atoms with E-state index in [4.69, 9.17) is 4.74 Å². The van der Waals surface area contributed by atoms with Crippen molar-refractivity contribution in [2.24, 2.45) is 0 Å². The van der Waals surface area contributed by atoms with Gasteiger partial charge in [0.1, 0.15) is 5.75 Å². The highest BCUT2D eigenvalue weighted by Gasteiger charge is 2.27. The highest BCUT2D eigenvalue weighted by molar-refractivity contribution is 5.81. The maximum Gasteiger partial charge on any atom is 0.156 e. The third-order valence-electron chi connectivity index (χ3n) is 4.55. The predicted octanol–water partition coefficient (Wildman–Crippen LogP) is 3.45. The standard InChI is InChI=1S/C20H23N5O/c1-25(2)10-5-11-26-18-8-3-7-15-16(18)12-17-19(15)23-24-20(17)22-14-6-4-9-21-13-14/h3-4,6-9,13H,5,10-12H2,1-2H3,(H2,22,23,24). The lowest BCUT2D eigenvalue weighted by molar-refractivity contribution is 0.280. The van der Waals surface area contributed by atoms with Crippen LogP contribution in [0.15, 0.2) is 42.7 Å². The Labute approximate surface area is 153 Å². The number of benzene rings is 1. The number of ether oxygens (including phenoxy) is 1. The van der Waals surface area contributed by atoms with Crippen LogP contribution in [-0.2, 0) is 6.42 Å². The van der Waals surface area contributed by atoms with Crippen LogP contribution in [0.5, 0.6) is 5.75 Å². The first-order valence-electron chi connectivity index (χ1n) is 8.86.